The second-order valence-corrected chi connectivity index (χ2v) is 3.12. The van der Waals surface area contributed by atoms with Crippen molar-refractivity contribution < 1.29 is 15.0 Å². The first-order chi connectivity index (χ1) is 5.65. The van der Waals surface area contributed by atoms with Crippen molar-refractivity contribution in [1.82, 2.24) is 4.90 Å². The van der Waals surface area contributed by atoms with Gasteiger partial charge >= 0.3 is 6.09 Å². The van der Waals surface area contributed by atoms with Gasteiger partial charge in [0.15, 0.2) is 0 Å². The Morgan fingerprint density at radius 3 is 2.75 bits per heavy atom. The molecule has 0 aliphatic carbocycles. The van der Waals surface area contributed by atoms with E-state index in [0.29, 0.717) is 19.5 Å². The second-order valence-electron chi connectivity index (χ2n) is 3.12. The average molecular weight is 174 g/mol. The highest BCUT2D eigenvalue weighted by Crippen LogP contribution is 2.15. The van der Waals surface area contributed by atoms with Gasteiger partial charge in [-0.2, -0.15) is 0 Å². The molecule has 5 heteroatoms. The average Bonchev–Trinajstić information content (AvgIpc) is 2.04. The Balaban J connectivity index is 2.46. The summed E-state index contributed by atoms with van der Waals surface area (Å²) >= 11 is 0. The first kappa shape index (κ1) is 9.28. The third kappa shape index (κ3) is 1.86. The lowest BCUT2D eigenvalue weighted by molar-refractivity contribution is 0.0953. The lowest BCUT2D eigenvalue weighted by Crippen LogP contribution is -2.51. The molecule has 0 aromatic heterocycles. The van der Waals surface area contributed by atoms with E-state index in [2.05, 4.69) is 0 Å². The number of hydrogen-bond acceptors (Lipinski definition) is 3. The number of nitrogens with zero attached hydrogens (tertiary/aromatic N) is 1. The van der Waals surface area contributed by atoms with E-state index in [1.807, 2.05) is 0 Å². The van der Waals surface area contributed by atoms with Gasteiger partial charge in [-0.05, 0) is 6.42 Å². The van der Waals surface area contributed by atoms with Crippen LogP contribution in [0, 0.1) is 5.92 Å². The molecule has 4 N–H and O–H groups in total. The van der Waals surface area contributed by atoms with Gasteiger partial charge in [0.2, 0.25) is 0 Å². The maximum absolute atomic E-state index is 10.5. The van der Waals surface area contributed by atoms with Crippen LogP contribution in [0.1, 0.15) is 6.42 Å². The van der Waals surface area contributed by atoms with Crippen LogP contribution in [0.4, 0.5) is 4.79 Å². The van der Waals surface area contributed by atoms with Gasteiger partial charge in [0.25, 0.3) is 0 Å². The van der Waals surface area contributed by atoms with Gasteiger partial charge in [-0.25, -0.2) is 4.79 Å². The Labute approximate surface area is 70.8 Å². The first-order valence-electron chi connectivity index (χ1n) is 3.99. The van der Waals surface area contributed by atoms with Crippen molar-refractivity contribution in [2.24, 2.45) is 11.7 Å². The fourth-order valence-electron chi connectivity index (χ4n) is 1.43. The van der Waals surface area contributed by atoms with Crippen molar-refractivity contribution in [2.45, 2.75) is 12.5 Å². The van der Waals surface area contributed by atoms with Crippen molar-refractivity contribution in [2.75, 3.05) is 19.7 Å². The molecule has 0 saturated carbocycles. The molecule has 1 heterocycles. The third-order valence-electron chi connectivity index (χ3n) is 2.31. The number of aliphatic hydroxyl groups is 1. The molecule has 12 heavy (non-hydrogen) atoms. The molecule has 1 fully saturated rings. The molecule has 0 aromatic carbocycles. The van der Waals surface area contributed by atoms with E-state index in [0.717, 1.165) is 0 Å². The Morgan fingerprint density at radius 2 is 2.33 bits per heavy atom. The van der Waals surface area contributed by atoms with Gasteiger partial charge in [-0.15, -0.1) is 0 Å². The van der Waals surface area contributed by atoms with Crippen LogP contribution in [0.15, 0.2) is 0 Å². The smallest absolute Gasteiger partial charge is 0.407 e. The molecular weight excluding hydrogens is 160 g/mol. The summed E-state index contributed by atoms with van der Waals surface area (Å²) in [6.07, 6.45) is -0.272. The molecule has 0 aromatic rings. The van der Waals surface area contributed by atoms with Crippen LogP contribution in [-0.2, 0) is 0 Å². The maximum Gasteiger partial charge on any atom is 0.407 e. The molecule has 70 valence electrons. The highest BCUT2D eigenvalue weighted by molar-refractivity contribution is 5.65. The molecule has 0 bridgehead atoms. The monoisotopic (exact) mass is 174 g/mol. The van der Waals surface area contributed by atoms with Gasteiger partial charge in [0.1, 0.15) is 0 Å². The number of piperidine rings is 1. The topological polar surface area (TPSA) is 86.8 Å². The van der Waals surface area contributed by atoms with Crippen molar-refractivity contribution in [1.29, 1.82) is 0 Å². The van der Waals surface area contributed by atoms with Crippen LogP contribution in [-0.4, -0.2) is 46.9 Å². The summed E-state index contributed by atoms with van der Waals surface area (Å²) in [5, 5.41) is 17.5. The van der Waals surface area contributed by atoms with Crippen LogP contribution in [0.5, 0.6) is 0 Å². The minimum Gasteiger partial charge on any atom is -0.465 e. The zero-order valence-electron chi connectivity index (χ0n) is 6.81. The number of carbonyl (C=O) groups is 1. The maximum atomic E-state index is 10.5. The van der Waals surface area contributed by atoms with Crippen molar-refractivity contribution in [3.05, 3.63) is 0 Å². The zero-order chi connectivity index (χ0) is 9.14. The van der Waals surface area contributed by atoms with Crippen LogP contribution in [0.25, 0.3) is 0 Å². The molecule has 5 nitrogen and oxygen atoms in total. The quantitative estimate of drug-likeness (QED) is 0.491. The van der Waals surface area contributed by atoms with Crippen molar-refractivity contribution >= 4 is 6.09 Å². The fraction of sp³-hybridized carbons (Fsp3) is 0.857. The highest BCUT2D eigenvalue weighted by Gasteiger charge is 2.27. The molecule has 0 unspecified atom stereocenters. The fourth-order valence-corrected chi connectivity index (χ4v) is 1.43. The Hall–Kier alpha value is -0.810. The van der Waals surface area contributed by atoms with E-state index in [4.69, 9.17) is 15.9 Å². The standard InChI is InChI=1S/C7H14N2O3/c8-6-3-9(7(11)12)2-1-5(6)4-10/h5-6,10H,1-4,8H2,(H,11,12)/t5-,6-/m0/s1. The Morgan fingerprint density at radius 1 is 1.67 bits per heavy atom. The minimum atomic E-state index is -0.929. The van der Waals surface area contributed by atoms with Crippen LogP contribution >= 0.6 is 0 Å². The molecule has 1 amide bonds. The zero-order valence-corrected chi connectivity index (χ0v) is 6.81. The van der Waals surface area contributed by atoms with E-state index in [-0.39, 0.29) is 18.6 Å². The summed E-state index contributed by atoms with van der Waals surface area (Å²) in [6.45, 7) is 0.865. The van der Waals surface area contributed by atoms with Gasteiger partial charge in [0, 0.05) is 31.7 Å². The number of amides is 1. The van der Waals surface area contributed by atoms with E-state index in [9.17, 15) is 4.79 Å². The summed E-state index contributed by atoms with van der Waals surface area (Å²) in [7, 11) is 0. The lowest BCUT2D eigenvalue weighted by atomic mass is 9.93. The van der Waals surface area contributed by atoms with Crippen LogP contribution in [0.3, 0.4) is 0 Å². The lowest BCUT2D eigenvalue weighted by Gasteiger charge is -2.34. The molecule has 0 radical (unpaired) electrons. The predicted molar refractivity (Wildman–Crippen MR) is 42.8 cm³/mol. The first-order valence-corrected chi connectivity index (χ1v) is 3.99. The van der Waals surface area contributed by atoms with Gasteiger partial charge in [-0.3, -0.25) is 0 Å². The van der Waals surface area contributed by atoms with E-state index in [1.54, 1.807) is 0 Å². The number of nitrogens with two attached hydrogens (primary N) is 1. The highest BCUT2D eigenvalue weighted by atomic mass is 16.4. The van der Waals surface area contributed by atoms with Crippen molar-refractivity contribution in [3.63, 3.8) is 0 Å². The molecule has 0 spiro atoms. The molecule has 2 atom stereocenters. The Kier molecular flexibility index (Phi) is 2.88. The van der Waals surface area contributed by atoms with E-state index in [1.165, 1.54) is 4.90 Å². The van der Waals surface area contributed by atoms with Gasteiger partial charge in [-0.1, -0.05) is 0 Å². The number of aliphatic hydroxyl groups excluding tert-OH is 1. The SMILES string of the molecule is N[C@H]1CN(C(=O)O)CC[C@H]1CO. The van der Waals surface area contributed by atoms with Gasteiger partial charge in [0.05, 0.1) is 0 Å². The number of rotatable bonds is 1. The summed E-state index contributed by atoms with van der Waals surface area (Å²) in [5.41, 5.74) is 5.65. The molecular formula is C7H14N2O3. The molecule has 1 aliphatic rings. The van der Waals surface area contributed by atoms with E-state index < -0.39 is 6.09 Å². The third-order valence-corrected chi connectivity index (χ3v) is 2.31. The summed E-state index contributed by atoms with van der Waals surface area (Å²) in [4.78, 5) is 11.8. The minimum absolute atomic E-state index is 0.0502. The summed E-state index contributed by atoms with van der Waals surface area (Å²) in [6, 6.07) is -0.222. The molecule has 1 saturated heterocycles. The van der Waals surface area contributed by atoms with E-state index >= 15 is 0 Å². The second kappa shape index (κ2) is 3.73. The Bertz CT molecular complexity index is 174. The van der Waals surface area contributed by atoms with Gasteiger partial charge < -0.3 is 20.8 Å². The largest absolute Gasteiger partial charge is 0.465 e. The molecule has 1 rings (SSSR count). The van der Waals surface area contributed by atoms with Crippen molar-refractivity contribution in [3.8, 4) is 0 Å². The number of carboxylic acid groups (broad SMARTS) is 1. The number of likely N-dealkylation sites (tertiary alicyclic amines) is 1. The number of hydrogen-bond donors (Lipinski definition) is 3. The summed E-state index contributed by atoms with van der Waals surface area (Å²) in [5.74, 6) is 0.0561. The predicted octanol–water partition coefficient (Wildman–Crippen LogP) is -0.694. The summed E-state index contributed by atoms with van der Waals surface area (Å²) < 4.78 is 0. The normalized spacial score (nSPS) is 30.3. The molecule has 1 aliphatic heterocycles. The van der Waals surface area contributed by atoms with Crippen LogP contribution in [0.2, 0.25) is 0 Å². The van der Waals surface area contributed by atoms with Crippen LogP contribution < -0.4 is 5.73 Å².